The Labute approximate surface area is 291 Å². The van der Waals surface area contributed by atoms with Crippen LogP contribution in [-0.2, 0) is 9.59 Å². The largest absolute Gasteiger partial charge is 0.508 e. The number of phenolic OH excluding ortho intramolecular Hbond substituents is 1. The van der Waals surface area contributed by atoms with Crippen molar-refractivity contribution < 1.29 is 24.2 Å². The second-order valence-corrected chi connectivity index (χ2v) is 12.4. The highest BCUT2D eigenvalue weighted by Crippen LogP contribution is 2.38. The van der Waals surface area contributed by atoms with Gasteiger partial charge in [0.25, 0.3) is 11.8 Å². The number of rotatable bonds is 11. The summed E-state index contributed by atoms with van der Waals surface area (Å²) in [4.78, 5) is 41.1. The van der Waals surface area contributed by atoms with Crippen LogP contribution in [0.25, 0.3) is 6.08 Å². The number of benzene rings is 5. The normalized spacial score (nSPS) is 11.7. The number of aromatic hydroxyl groups is 1. The Balaban J connectivity index is 1.40. The number of thioether (sulfide) groups is 1. The molecule has 0 aromatic heterocycles. The summed E-state index contributed by atoms with van der Waals surface area (Å²) < 4.78 is 5.37. The van der Waals surface area contributed by atoms with E-state index in [-0.39, 0.29) is 17.4 Å². The number of carbonyl (C=O) groups is 3. The molecule has 5 rings (SSSR count). The maximum Gasteiger partial charge on any atom is 0.272 e. The van der Waals surface area contributed by atoms with Crippen LogP contribution in [-0.4, -0.2) is 29.9 Å². The predicted octanol–water partition coefficient (Wildman–Crippen LogP) is 8.59. The molecular weight excluding hydrogens is 669 g/mol. The number of ether oxygens (including phenoxy) is 1. The lowest BCUT2D eigenvalue weighted by atomic mass is 10.1. The van der Waals surface area contributed by atoms with Crippen LogP contribution >= 0.6 is 35.0 Å². The van der Waals surface area contributed by atoms with Crippen molar-refractivity contribution in [3.05, 3.63) is 154 Å². The summed E-state index contributed by atoms with van der Waals surface area (Å²) in [6.07, 6.45) is 1.46. The molecule has 0 aliphatic carbocycles. The van der Waals surface area contributed by atoms with Crippen molar-refractivity contribution in [3.8, 4) is 11.5 Å². The Kier molecular flexibility index (Phi) is 11.4. The fourth-order valence-electron chi connectivity index (χ4n) is 4.63. The molecule has 0 radical (unpaired) electrons. The molecule has 4 N–H and O–H groups in total. The van der Waals surface area contributed by atoms with Crippen LogP contribution in [0.3, 0.4) is 0 Å². The predicted molar refractivity (Wildman–Crippen MR) is 192 cm³/mol. The first-order chi connectivity index (χ1) is 23.2. The van der Waals surface area contributed by atoms with E-state index in [0.717, 1.165) is 5.56 Å². The van der Waals surface area contributed by atoms with Crippen LogP contribution in [0.5, 0.6) is 11.5 Å². The molecule has 8 nitrogen and oxygen atoms in total. The molecule has 0 fully saturated rings. The fraction of sp³-hybridized carbons (Fsp3) is 0.0541. The highest BCUT2D eigenvalue weighted by atomic mass is 35.5. The molecule has 0 aliphatic heterocycles. The van der Waals surface area contributed by atoms with Crippen LogP contribution in [0, 0.1) is 0 Å². The van der Waals surface area contributed by atoms with Crippen molar-refractivity contribution in [2.75, 3.05) is 17.7 Å². The standard InChI is InChI=1S/C37H29Cl2N3O5S/c1-47-33-22-30(43)16-15-25(33)17-32(42-35(44)24-11-6-3-7-12-24)36(45)40-28-13-8-14-31(21-28)48-34(23-9-4-2-5-10-23)37(46)41-29-19-26(38)18-27(39)20-29/h2-22,34,43H,1H3,(H,40,45)(H,41,46)(H,42,44)/b32-17+. The SMILES string of the molecule is COc1cc(O)ccc1/C=C(/NC(=O)c1ccccc1)C(=O)Nc1cccc(SC(C(=O)Nc2cc(Cl)cc(Cl)c2)c2ccccc2)c1. The number of hydrogen-bond acceptors (Lipinski definition) is 6. The minimum Gasteiger partial charge on any atom is -0.508 e. The summed E-state index contributed by atoms with van der Waals surface area (Å²) in [6, 6.07) is 34.0. The average molecular weight is 699 g/mol. The number of methoxy groups -OCH3 is 1. The van der Waals surface area contributed by atoms with Crippen LogP contribution in [0.4, 0.5) is 11.4 Å². The molecule has 5 aromatic carbocycles. The monoisotopic (exact) mass is 697 g/mol. The van der Waals surface area contributed by atoms with E-state index < -0.39 is 17.1 Å². The van der Waals surface area contributed by atoms with Gasteiger partial charge >= 0.3 is 0 Å². The summed E-state index contributed by atoms with van der Waals surface area (Å²) in [6.45, 7) is 0. The first-order valence-electron chi connectivity index (χ1n) is 14.5. The second-order valence-electron chi connectivity index (χ2n) is 10.3. The van der Waals surface area contributed by atoms with Crippen molar-refractivity contribution in [1.29, 1.82) is 0 Å². The number of carbonyl (C=O) groups excluding carboxylic acids is 3. The van der Waals surface area contributed by atoms with Gasteiger partial charge in [-0.15, -0.1) is 11.8 Å². The first kappa shape index (κ1) is 34.1. The summed E-state index contributed by atoms with van der Waals surface area (Å²) in [7, 11) is 1.44. The molecule has 1 atom stereocenters. The molecule has 0 spiro atoms. The van der Waals surface area contributed by atoms with Crippen molar-refractivity contribution in [2.45, 2.75) is 10.1 Å². The molecule has 5 aromatic rings. The van der Waals surface area contributed by atoms with E-state index >= 15 is 0 Å². The Morgan fingerprint density at radius 3 is 2.15 bits per heavy atom. The first-order valence-corrected chi connectivity index (χ1v) is 16.2. The lowest BCUT2D eigenvalue weighted by Crippen LogP contribution is -2.30. The van der Waals surface area contributed by atoms with Gasteiger partial charge in [0.05, 0.1) is 7.11 Å². The highest BCUT2D eigenvalue weighted by Gasteiger charge is 2.23. The van der Waals surface area contributed by atoms with E-state index in [9.17, 15) is 19.5 Å². The third kappa shape index (κ3) is 9.19. The van der Waals surface area contributed by atoms with E-state index in [2.05, 4.69) is 16.0 Å². The molecule has 48 heavy (non-hydrogen) atoms. The van der Waals surface area contributed by atoms with Gasteiger partial charge in [0.2, 0.25) is 5.91 Å². The smallest absolute Gasteiger partial charge is 0.272 e. The molecular formula is C37H29Cl2N3O5S. The van der Waals surface area contributed by atoms with E-state index in [1.54, 1.807) is 72.8 Å². The molecule has 0 heterocycles. The van der Waals surface area contributed by atoms with Gasteiger partial charge in [-0.2, -0.15) is 0 Å². The van der Waals surface area contributed by atoms with Gasteiger partial charge in [0, 0.05) is 43.5 Å². The zero-order valence-corrected chi connectivity index (χ0v) is 27.8. The topological polar surface area (TPSA) is 117 Å². The van der Waals surface area contributed by atoms with Crippen molar-refractivity contribution in [2.24, 2.45) is 0 Å². The summed E-state index contributed by atoms with van der Waals surface area (Å²) in [5, 5.41) is 18.5. The van der Waals surface area contributed by atoms with Gasteiger partial charge in [-0.3, -0.25) is 14.4 Å². The number of halogens is 2. The molecule has 0 bridgehead atoms. The van der Waals surface area contributed by atoms with Gasteiger partial charge in [-0.25, -0.2) is 0 Å². The second kappa shape index (κ2) is 16.1. The summed E-state index contributed by atoms with van der Waals surface area (Å²) in [5.41, 5.74) is 2.40. The lowest BCUT2D eigenvalue weighted by Gasteiger charge is -2.18. The quantitative estimate of drug-likeness (QED) is 0.0812. The highest BCUT2D eigenvalue weighted by molar-refractivity contribution is 8.00. The maximum atomic E-state index is 13.7. The van der Waals surface area contributed by atoms with Crippen molar-refractivity contribution in [3.63, 3.8) is 0 Å². The van der Waals surface area contributed by atoms with Crippen LogP contribution < -0.4 is 20.7 Å². The number of anilines is 2. The zero-order valence-electron chi connectivity index (χ0n) is 25.4. The van der Waals surface area contributed by atoms with E-state index in [0.29, 0.717) is 43.2 Å². The average Bonchev–Trinajstić information content (AvgIpc) is 3.08. The Morgan fingerprint density at radius 2 is 1.46 bits per heavy atom. The molecule has 0 saturated heterocycles. The van der Waals surface area contributed by atoms with Crippen molar-refractivity contribution >= 4 is 70.1 Å². The minimum absolute atomic E-state index is 0.0171. The third-order valence-electron chi connectivity index (χ3n) is 6.86. The summed E-state index contributed by atoms with van der Waals surface area (Å²) >= 11 is 13.6. The Morgan fingerprint density at radius 1 is 0.771 bits per heavy atom. The third-order valence-corrected chi connectivity index (χ3v) is 8.55. The number of nitrogens with one attached hydrogen (secondary N) is 3. The maximum absolute atomic E-state index is 13.7. The van der Waals surface area contributed by atoms with Gasteiger partial charge in [-0.1, -0.05) is 77.8 Å². The molecule has 11 heteroatoms. The van der Waals surface area contributed by atoms with E-state index in [4.69, 9.17) is 27.9 Å². The van der Waals surface area contributed by atoms with Crippen LogP contribution in [0.15, 0.2) is 132 Å². The van der Waals surface area contributed by atoms with E-state index in [1.165, 1.54) is 37.1 Å². The van der Waals surface area contributed by atoms with Gasteiger partial charge in [-0.05, 0) is 72.3 Å². The zero-order chi connectivity index (χ0) is 34.0. The van der Waals surface area contributed by atoms with Gasteiger partial charge < -0.3 is 25.8 Å². The van der Waals surface area contributed by atoms with Gasteiger partial charge in [0.15, 0.2) is 0 Å². The van der Waals surface area contributed by atoms with Crippen LogP contribution in [0.2, 0.25) is 10.0 Å². The molecule has 1 unspecified atom stereocenters. The van der Waals surface area contributed by atoms with E-state index in [1.807, 2.05) is 36.4 Å². The Hall–Kier alpha value is -5.22. The lowest BCUT2D eigenvalue weighted by molar-refractivity contribution is -0.116. The fourth-order valence-corrected chi connectivity index (χ4v) is 6.24. The number of hydrogen-bond donors (Lipinski definition) is 4. The van der Waals surface area contributed by atoms with Crippen molar-refractivity contribution in [1.82, 2.24) is 5.32 Å². The summed E-state index contributed by atoms with van der Waals surface area (Å²) in [5.74, 6) is -1.10. The molecule has 242 valence electrons. The van der Waals surface area contributed by atoms with Crippen LogP contribution in [0.1, 0.15) is 26.7 Å². The minimum atomic E-state index is -0.669. The molecule has 0 aliphatic rings. The van der Waals surface area contributed by atoms with Gasteiger partial charge in [0.1, 0.15) is 22.4 Å². The molecule has 3 amide bonds. The molecule has 0 saturated carbocycles. The number of amides is 3. The Bertz CT molecular complexity index is 1950. The number of phenols is 1.